The third-order valence-electron chi connectivity index (χ3n) is 3.95. The van der Waals surface area contributed by atoms with Gasteiger partial charge in [0, 0.05) is 12.6 Å². The molecule has 1 saturated heterocycles. The van der Waals surface area contributed by atoms with Gasteiger partial charge in [0.1, 0.15) is 0 Å². The Hall–Kier alpha value is -0.610. The fraction of sp³-hybridized carbons (Fsp3) is 0.929. The second-order valence-corrected chi connectivity index (χ2v) is 5.61. The minimum absolute atomic E-state index is 0.0379. The van der Waals surface area contributed by atoms with Crippen LogP contribution in [0.15, 0.2) is 0 Å². The summed E-state index contributed by atoms with van der Waals surface area (Å²) in [5.74, 6) is -0.152. The van der Waals surface area contributed by atoms with Gasteiger partial charge in [0.25, 0.3) is 0 Å². The van der Waals surface area contributed by atoms with Crippen LogP contribution < -0.4 is 0 Å². The lowest BCUT2D eigenvalue weighted by molar-refractivity contribution is -0.145. The fourth-order valence-electron chi connectivity index (χ4n) is 2.71. The molecule has 106 valence electrons. The van der Waals surface area contributed by atoms with Gasteiger partial charge in [-0.2, -0.15) is 0 Å². The lowest BCUT2D eigenvalue weighted by Crippen LogP contribution is -2.39. The summed E-state index contributed by atoms with van der Waals surface area (Å²) in [7, 11) is 5.76. The van der Waals surface area contributed by atoms with Crippen LogP contribution in [-0.2, 0) is 9.53 Å². The molecule has 1 aliphatic rings. The van der Waals surface area contributed by atoms with E-state index in [0.29, 0.717) is 0 Å². The molecule has 0 aliphatic carbocycles. The molecule has 1 aliphatic heterocycles. The number of rotatable bonds is 6. The Labute approximate surface area is 111 Å². The van der Waals surface area contributed by atoms with E-state index in [-0.39, 0.29) is 11.9 Å². The number of carbonyl (C=O) groups is 1. The Balaban J connectivity index is 2.23. The Bertz CT molecular complexity index is 258. The molecule has 0 aromatic rings. The van der Waals surface area contributed by atoms with Gasteiger partial charge in [-0.3, -0.25) is 4.79 Å². The van der Waals surface area contributed by atoms with Gasteiger partial charge in [-0.05, 0) is 46.4 Å². The maximum absolute atomic E-state index is 11.3. The lowest BCUT2D eigenvalue weighted by atomic mass is 10.00. The summed E-state index contributed by atoms with van der Waals surface area (Å²) < 4.78 is 4.75. The van der Waals surface area contributed by atoms with E-state index >= 15 is 0 Å². The van der Waals surface area contributed by atoms with E-state index in [1.165, 1.54) is 39.3 Å². The zero-order valence-corrected chi connectivity index (χ0v) is 12.3. The van der Waals surface area contributed by atoms with Crippen molar-refractivity contribution in [2.75, 3.05) is 40.8 Å². The molecule has 1 heterocycles. The number of hydrogen-bond acceptors (Lipinski definition) is 4. The van der Waals surface area contributed by atoms with Crippen molar-refractivity contribution < 1.29 is 9.53 Å². The van der Waals surface area contributed by atoms with E-state index in [9.17, 15) is 4.79 Å². The molecular weight excluding hydrogens is 228 g/mol. The molecule has 0 aromatic carbocycles. The van der Waals surface area contributed by atoms with Crippen molar-refractivity contribution in [3.8, 4) is 0 Å². The van der Waals surface area contributed by atoms with Crippen molar-refractivity contribution >= 4 is 5.97 Å². The molecule has 0 amide bonds. The average molecular weight is 256 g/mol. The number of ether oxygens (including phenoxy) is 1. The third-order valence-corrected chi connectivity index (χ3v) is 3.95. The number of nitrogens with zero attached hydrogens (tertiary/aromatic N) is 2. The SMILES string of the molecule is COC(=O)C(C)CN(C)CCC1CCCCN1C. The van der Waals surface area contributed by atoms with E-state index in [1.807, 2.05) is 6.92 Å². The highest BCUT2D eigenvalue weighted by molar-refractivity contribution is 5.71. The zero-order chi connectivity index (χ0) is 13.5. The highest BCUT2D eigenvalue weighted by Gasteiger charge is 2.20. The minimum atomic E-state index is -0.114. The molecule has 0 spiro atoms. The van der Waals surface area contributed by atoms with E-state index < -0.39 is 0 Å². The molecule has 2 unspecified atom stereocenters. The zero-order valence-electron chi connectivity index (χ0n) is 12.3. The second kappa shape index (κ2) is 7.74. The summed E-state index contributed by atoms with van der Waals surface area (Å²) in [4.78, 5) is 16.1. The monoisotopic (exact) mass is 256 g/mol. The van der Waals surface area contributed by atoms with E-state index in [4.69, 9.17) is 4.74 Å². The Kier molecular flexibility index (Phi) is 6.65. The van der Waals surface area contributed by atoms with Crippen molar-refractivity contribution in [1.82, 2.24) is 9.80 Å². The standard InChI is InChI=1S/C14H28N2O2/c1-12(14(17)18-4)11-15(2)10-8-13-7-5-6-9-16(13)3/h12-13H,5-11H2,1-4H3. The molecule has 1 fully saturated rings. The van der Waals surface area contributed by atoms with Crippen molar-refractivity contribution in [2.45, 2.75) is 38.6 Å². The maximum Gasteiger partial charge on any atom is 0.309 e. The van der Waals surface area contributed by atoms with E-state index in [1.54, 1.807) is 0 Å². The van der Waals surface area contributed by atoms with Gasteiger partial charge in [0.15, 0.2) is 0 Å². The Morgan fingerprint density at radius 2 is 2.22 bits per heavy atom. The number of hydrogen-bond donors (Lipinski definition) is 0. The van der Waals surface area contributed by atoms with Crippen LogP contribution in [0.25, 0.3) is 0 Å². The molecule has 2 atom stereocenters. The third kappa shape index (κ3) is 4.94. The fourth-order valence-corrected chi connectivity index (χ4v) is 2.71. The molecule has 0 radical (unpaired) electrons. The maximum atomic E-state index is 11.3. The first-order valence-corrected chi connectivity index (χ1v) is 7.01. The van der Waals surface area contributed by atoms with Gasteiger partial charge in [-0.1, -0.05) is 13.3 Å². The van der Waals surface area contributed by atoms with Crippen LogP contribution in [-0.4, -0.2) is 62.7 Å². The van der Waals surface area contributed by atoms with E-state index in [0.717, 1.165) is 19.1 Å². The van der Waals surface area contributed by atoms with Crippen LogP contribution in [0.3, 0.4) is 0 Å². The van der Waals surface area contributed by atoms with Crippen LogP contribution >= 0.6 is 0 Å². The highest BCUT2D eigenvalue weighted by atomic mass is 16.5. The first kappa shape index (κ1) is 15.4. The normalized spacial score (nSPS) is 23.1. The summed E-state index contributed by atoms with van der Waals surface area (Å²) in [5, 5.41) is 0. The minimum Gasteiger partial charge on any atom is -0.469 e. The lowest BCUT2D eigenvalue weighted by Gasteiger charge is -2.33. The number of methoxy groups -OCH3 is 1. The largest absolute Gasteiger partial charge is 0.469 e. The summed E-state index contributed by atoms with van der Waals surface area (Å²) >= 11 is 0. The molecule has 1 rings (SSSR count). The molecule has 18 heavy (non-hydrogen) atoms. The summed E-state index contributed by atoms with van der Waals surface area (Å²) in [6.45, 7) is 4.99. The van der Waals surface area contributed by atoms with Crippen LogP contribution in [0.2, 0.25) is 0 Å². The molecule has 0 bridgehead atoms. The van der Waals surface area contributed by atoms with Crippen molar-refractivity contribution in [3.63, 3.8) is 0 Å². The number of likely N-dealkylation sites (tertiary alicyclic amines) is 1. The highest BCUT2D eigenvalue weighted by Crippen LogP contribution is 2.18. The van der Waals surface area contributed by atoms with E-state index in [2.05, 4.69) is 23.9 Å². The van der Waals surface area contributed by atoms with Gasteiger partial charge >= 0.3 is 5.97 Å². The molecule has 4 heteroatoms. The smallest absolute Gasteiger partial charge is 0.309 e. The number of carbonyl (C=O) groups excluding carboxylic acids is 1. The number of esters is 1. The predicted molar refractivity (Wildman–Crippen MR) is 73.6 cm³/mol. The van der Waals surface area contributed by atoms with Crippen molar-refractivity contribution in [3.05, 3.63) is 0 Å². The van der Waals surface area contributed by atoms with Crippen LogP contribution in [0.1, 0.15) is 32.6 Å². The summed E-state index contributed by atoms with van der Waals surface area (Å²) in [6.07, 6.45) is 5.21. The van der Waals surface area contributed by atoms with Crippen LogP contribution in [0, 0.1) is 5.92 Å². The molecule has 0 aromatic heterocycles. The Morgan fingerprint density at radius 1 is 1.50 bits per heavy atom. The molecule has 0 N–H and O–H groups in total. The summed E-state index contributed by atoms with van der Waals surface area (Å²) in [5.41, 5.74) is 0. The molecule has 0 saturated carbocycles. The van der Waals surface area contributed by atoms with Gasteiger partial charge < -0.3 is 14.5 Å². The number of piperidine rings is 1. The first-order valence-electron chi connectivity index (χ1n) is 7.01. The van der Waals surface area contributed by atoms with Gasteiger partial charge in [-0.15, -0.1) is 0 Å². The van der Waals surface area contributed by atoms with Gasteiger partial charge in [0.05, 0.1) is 13.0 Å². The molecular formula is C14H28N2O2. The quantitative estimate of drug-likeness (QED) is 0.676. The van der Waals surface area contributed by atoms with Crippen molar-refractivity contribution in [2.24, 2.45) is 5.92 Å². The summed E-state index contributed by atoms with van der Waals surface area (Å²) in [6, 6.07) is 0.717. The van der Waals surface area contributed by atoms with Crippen molar-refractivity contribution in [1.29, 1.82) is 0 Å². The van der Waals surface area contributed by atoms with Crippen LogP contribution in [0.5, 0.6) is 0 Å². The predicted octanol–water partition coefficient (Wildman–Crippen LogP) is 1.60. The van der Waals surface area contributed by atoms with Crippen LogP contribution in [0.4, 0.5) is 0 Å². The van der Waals surface area contributed by atoms with Gasteiger partial charge in [0.2, 0.25) is 0 Å². The topological polar surface area (TPSA) is 32.8 Å². The molecule has 4 nitrogen and oxygen atoms in total. The first-order chi connectivity index (χ1) is 8.54. The van der Waals surface area contributed by atoms with Gasteiger partial charge in [-0.25, -0.2) is 0 Å². The average Bonchev–Trinajstić information content (AvgIpc) is 2.36. The Morgan fingerprint density at radius 3 is 2.83 bits per heavy atom. The second-order valence-electron chi connectivity index (χ2n) is 5.61.